The van der Waals surface area contributed by atoms with Crippen LogP contribution in [0.25, 0.3) is 22.0 Å². The van der Waals surface area contributed by atoms with Crippen LogP contribution in [-0.4, -0.2) is 79.2 Å². The number of nitrogens with one attached hydrogen (secondary N) is 2. The Morgan fingerprint density at radius 1 is 1.15 bits per heavy atom. The lowest BCUT2D eigenvalue weighted by Gasteiger charge is -2.28. The molecule has 5 rings (SSSR count). The van der Waals surface area contributed by atoms with Gasteiger partial charge in [0, 0.05) is 37.3 Å². The molecule has 1 fully saturated rings. The van der Waals surface area contributed by atoms with Gasteiger partial charge in [-0.25, -0.2) is 18.4 Å². The fourth-order valence-corrected chi connectivity index (χ4v) is 5.78. The van der Waals surface area contributed by atoms with Crippen molar-refractivity contribution in [3.63, 3.8) is 0 Å². The average molecular weight is 484 g/mol. The first-order valence-corrected chi connectivity index (χ1v) is 12.4. The topological polar surface area (TPSA) is 133 Å². The fraction of sp³-hybridized carbons (Fsp3) is 0.364. The molecule has 0 amide bonds. The van der Waals surface area contributed by atoms with E-state index in [4.69, 9.17) is 4.74 Å². The molecular weight excluding hydrogens is 458 g/mol. The summed E-state index contributed by atoms with van der Waals surface area (Å²) >= 11 is 0. The first kappa shape index (κ1) is 22.3. The number of anilines is 2. The third kappa shape index (κ3) is 4.21. The van der Waals surface area contributed by atoms with E-state index in [2.05, 4.69) is 29.7 Å². The molecule has 1 aromatic carbocycles. The standard InChI is InChI=1S/C22H25N7O4S/c1-14-20(12-28(2)26-14)34(31,32)27-19-10-16(11-23-22(19)30)15-3-4-18-17(9-15)21(25-13-24-18)29-5-7-33-8-6-29/h3-4,9-11,13,20,27H,5-8,12H2,1-2H3,(H,23,30). The van der Waals surface area contributed by atoms with Crippen molar-refractivity contribution >= 4 is 38.1 Å². The second-order valence-corrected chi connectivity index (χ2v) is 10.2. The van der Waals surface area contributed by atoms with Crippen LogP contribution >= 0.6 is 0 Å². The smallest absolute Gasteiger partial charge is 0.272 e. The summed E-state index contributed by atoms with van der Waals surface area (Å²) in [6, 6.07) is 7.27. The number of aromatic amines is 1. The molecule has 178 valence electrons. The van der Waals surface area contributed by atoms with E-state index in [0.29, 0.717) is 24.5 Å². The van der Waals surface area contributed by atoms with E-state index >= 15 is 0 Å². The average Bonchev–Trinajstić information content (AvgIpc) is 3.19. The van der Waals surface area contributed by atoms with Crippen LogP contribution in [0.5, 0.6) is 0 Å². The fourth-order valence-electron chi connectivity index (χ4n) is 4.27. The summed E-state index contributed by atoms with van der Waals surface area (Å²) in [6.45, 7) is 4.64. The van der Waals surface area contributed by atoms with Crippen LogP contribution in [0.15, 0.2) is 46.7 Å². The molecule has 4 heterocycles. The highest BCUT2D eigenvalue weighted by Gasteiger charge is 2.34. The van der Waals surface area contributed by atoms with E-state index in [-0.39, 0.29) is 12.2 Å². The minimum Gasteiger partial charge on any atom is -0.378 e. The number of hydrazone groups is 1. The van der Waals surface area contributed by atoms with E-state index < -0.39 is 20.8 Å². The highest BCUT2D eigenvalue weighted by Crippen LogP contribution is 2.29. The molecule has 2 aliphatic heterocycles. The van der Waals surface area contributed by atoms with Crippen LogP contribution in [0.3, 0.4) is 0 Å². The van der Waals surface area contributed by atoms with Gasteiger partial charge in [0.2, 0.25) is 10.0 Å². The first-order chi connectivity index (χ1) is 16.3. The van der Waals surface area contributed by atoms with Gasteiger partial charge in [0.1, 0.15) is 23.1 Å². The number of morpholine rings is 1. The molecular formula is C22H25N7O4S. The SMILES string of the molecule is CC1=NN(C)CC1S(=O)(=O)Nc1cc(-c2ccc3ncnc(N4CCOCC4)c3c2)c[nH]c1=O. The lowest BCUT2D eigenvalue weighted by atomic mass is 10.0. The quantitative estimate of drug-likeness (QED) is 0.554. The third-order valence-corrected chi connectivity index (χ3v) is 7.76. The summed E-state index contributed by atoms with van der Waals surface area (Å²) in [6.07, 6.45) is 3.11. The Morgan fingerprint density at radius 2 is 1.94 bits per heavy atom. The van der Waals surface area contributed by atoms with E-state index in [9.17, 15) is 13.2 Å². The zero-order valence-corrected chi connectivity index (χ0v) is 19.7. The molecule has 2 aromatic heterocycles. The molecule has 0 aliphatic carbocycles. The Bertz CT molecular complexity index is 1430. The van der Waals surface area contributed by atoms with Crippen molar-refractivity contribution in [2.24, 2.45) is 5.10 Å². The van der Waals surface area contributed by atoms with E-state index in [1.807, 2.05) is 18.2 Å². The molecule has 2 N–H and O–H groups in total. The number of hydrogen-bond acceptors (Lipinski definition) is 9. The van der Waals surface area contributed by atoms with Crippen molar-refractivity contribution in [3.8, 4) is 11.1 Å². The maximum atomic E-state index is 12.9. The summed E-state index contributed by atoms with van der Waals surface area (Å²) in [4.78, 5) is 26.1. The van der Waals surface area contributed by atoms with Crippen molar-refractivity contribution < 1.29 is 13.2 Å². The number of ether oxygens (including phenoxy) is 1. The molecule has 12 heteroatoms. The van der Waals surface area contributed by atoms with Crippen LogP contribution < -0.4 is 15.2 Å². The number of sulfonamides is 1. The summed E-state index contributed by atoms with van der Waals surface area (Å²) in [5.41, 5.74) is 2.17. The van der Waals surface area contributed by atoms with E-state index in [1.165, 1.54) is 0 Å². The first-order valence-electron chi connectivity index (χ1n) is 10.9. The van der Waals surface area contributed by atoms with Gasteiger partial charge in [-0.1, -0.05) is 6.07 Å². The van der Waals surface area contributed by atoms with Gasteiger partial charge in [-0.3, -0.25) is 14.5 Å². The molecule has 0 radical (unpaired) electrons. The number of nitrogens with zero attached hydrogens (tertiary/aromatic N) is 5. The molecule has 11 nitrogen and oxygen atoms in total. The van der Waals surface area contributed by atoms with Crippen molar-refractivity contribution in [1.82, 2.24) is 20.0 Å². The van der Waals surface area contributed by atoms with Gasteiger partial charge < -0.3 is 14.6 Å². The minimum absolute atomic E-state index is 0.0438. The lowest BCUT2D eigenvalue weighted by molar-refractivity contribution is 0.122. The zero-order valence-electron chi connectivity index (χ0n) is 18.9. The van der Waals surface area contributed by atoms with Gasteiger partial charge in [0.15, 0.2) is 0 Å². The van der Waals surface area contributed by atoms with Gasteiger partial charge >= 0.3 is 0 Å². The molecule has 0 bridgehead atoms. The van der Waals surface area contributed by atoms with Crippen LogP contribution in [-0.2, 0) is 14.8 Å². The molecule has 0 saturated carbocycles. The predicted octanol–water partition coefficient (Wildman–Crippen LogP) is 1.25. The normalized spacial score (nSPS) is 18.9. The molecule has 1 unspecified atom stereocenters. The molecule has 2 aliphatic rings. The van der Waals surface area contributed by atoms with Crippen molar-refractivity contribution in [3.05, 3.63) is 47.1 Å². The molecule has 0 spiro atoms. The van der Waals surface area contributed by atoms with Gasteiger partial charge in [-0.2, -0.15) is 5.10 Å². The molecule has 1 atom stereocenters. The molecule has 3 aromatic rings. The lowest BCUT2D eigenvalue weighted by Crippen LogP contribution is -2.36. The van der Waals surface area contributed by atoms with E-state index in [1.54, 1.807) is 37.6 Å². The van der Waals surface area contributed by atoms with Crippen LogP contribution in [0.2, 0.25) is 0 Å². The second-order valence-electron chi connectivity index (χ2n) is 8.38. The minimum atomic E-state index is -3.85. The van der Waals surface area contributed by atoms with Crippen molar-refractivity contribution in [1.29, 1.82) is 0 Å². The van der Waals surface area contributed by atoms with Crippen LogP contribution in [0, 0.1) is 0 Å². The largest absolute Gasteiger partial charge is 0.378 e. The Hall–Kier alpha value is -3.51. The number of H-pyrrole nitrogens is 1. The third-order valence-electron chi connectivity index (χ3n) is 6.01. The Morgan fingerprint density at radius 3 is 2.68 bits per heavy atom. The van der Waals surface area contributed by atoms with Gasteiger partial charge in [-0.05, 0) is 30.7 Å². The maximum absolute atomic E-state index is 12.9. The molecule has 1 saturated heterocycles. The summed E-state index contributed by atoms with van der Waals surface area (Å²) in [7, 11) is -2.14. The number of rotatable bonds is 5. The highest BCUT2D eigenvalue weighted by molar-refractivity contribution is 7.94. The number of hydrogen-bond donors (Lipinski definition) is 2. The van der Waals surface area contributed by atoms with Crippen molar-refractivity contribution in [2.75, 3.05) is 49.5 Å². The van der Waals surface area contributed by atoms with Crippen molar-refractivity contribution in [2.45, 2.75) is 12.2 Å². The Kier molecular flexibility index (Phi) is 5.70. The highest BCUT2D eigenvalue weighted by atomic mass is 32.2. The monoisotopic (exact) mass is 483 g/mol. The zero-order chi connectivity index (χ0) is 23.9. The summed E-state index contributed by atoms with van der Waals surface area (Å²) in [5, 5.41) is 5.78. The number of aromatic nitrogens is 3. The Labute approximate surface area is 196 Å². The molecule has 34 heavy (non-hydrogen) atoms. The number of fused-ring (bicyclic) bond motifs is 1. The Balaban J connectivity index is 1.50. The van der Waals surface area contributed by atoms with E-state index in [0.717, 1.165) is 35.4 Å². The van der Waals surface area contributed by atoms with Gasteiger partial charge in [-0.15, -0.1) is 0 Å². The maximum Gasteiger partial charge on any atom is 0.272 e. The number of pyridine rings is 1. The van der Waals surface area contributed by atoms with Gasteiger partial charge in [0.05, 0.1) is 31.0 Å². The van der Waals surface area contributed by atoms with Crippen LogP contribution in [0.4, 0.5) is 11.5 Å². The predicted molar refractivity (Wildman–Crippen MR) is 131 cm³/mol. The summed E-state index contributed by atoms with van der Waals surface area (Å²) in [5.74, 6) is 0.820. The number of benzene rings is 1. The summed E-state index contributed by atoms with van der Waals surface area (Å²) < 4.78 is 33.8. The van der Waals surface area contributed by atoms with Gasteiger partial charge in [0.25, 0.3) is 5.56 Å². The van der Waals surface area contributed by atoms with Crippen LogP contribution in [0.1, 0.15) is 6.92 Å². The second kappa shape index (κ2) is 8.69.